The molecule has 0 saturated heterocycles. The highest BCUT2D eigenvalue weighted by molar-refractivity contribution is 6.01. The number of terminal acetylenes is 1. The standard InChI is InChI=1S/C30H33N3O4/c1-8-33(28(35)21(4)31-29(36)37-30(5,6)7)26(25-15-11-12-19(2)20(25)3)27(34)32-24-17-16-22-13-9-10-14-23(22)18-24/h1,9-18,21,26H,2-7H3,(H,31,36)(H,32,34). The Bertz CT molecular complexity index is 1370. The van der Waals surface area contributed by atoms with Gasteiger partial charge in [-0.1, -0.05) is 55.0 Å². The van der Waals surface area contributed by atoms with E-state index in [-0.39, 0.29) is 0 Å². The summed E-state index contributed by atoms with van der Waals surface area (Å²) >= 11 is 0. The fraction of sp³-hybridized carbons (Fsp3) is 0.300. The van der Waals surface area contributed by atoms with Gasteiger partial charge in [-0.2, -0.15) is 0 Å². The van der Waals surface area contributed by atoms with Crippen molar-refractivity contribution in [1.29, 1.82) is 0 Å². The van der Waals surface area contributed by atoms with Crippen LogP contribution in [0.2, 0.25) is 0 Å². The zero-order valence-electron chi connectivity index (χ0n) is 22.1. The van der Waals surface area contributed by atoms with Crippen molar-refractivity contribution in [2.45, 2.75) is 59.2 Å². The van der Waals surface area contributed by atoms with E-state index in [1.54, 1.807) is 32.9 Å². The third-order valence-electron chi connectivity index (χ3n) is 5.94. The van der Waals surface area contributed by atoms with E-state index in [9.17, 15) is 14.4 Å². The molecule has 7 heteroatoms. The van der Waals surface area contributed by atoms with Gasteiger partial charge in [0.05, 0.1) is 0 Å². The van der Waals surface area contributed by atoms with Gasteiger partial charge < -0.3 is 15.4 Å². The van der Waals surface area contributed by atoms with E-state index >= 15 is 0 Å². The highest BCUT2D eigenvalue weighted by atomic mass is 16.6. The van der Waals surface area contributed by atoms with Crippen LogP contribution < -0.4 is 10.6 Å². The summed E-state index contributed by atoms with van der Waals surface area (Å²) in [6.45, 7) is 10.5. The first-order chi connectivity index (χ1) is 17.4. The second kappa shape index (κ2) is 11.2. The molecule has 3 rings (SSSR count). The number of carbonyl (C=O) groups excluding carboxylic acids is 3. The normalized spacial score (nSPS) is 12.7. The van der Waals surface area contributed by atoms with Gasteiger partial charge in [-0.25, -0.2) is 4.79 Å². The van der Waals surface area contributed by atoms with Crippen LogP contribution in [0.3, 0.4) is 0 Å². The smallest absolute Gasteiger partial charge is 0.408 e. The molecule has 0 aliphatic heterocycles. The van der Waals surface area contributed by atoms with Gasteiger partial charge in [0, 0.05) is 11.7 Å². The van der Waals surface area contributed by atoms with Crippen LogP contribution in [0.1, 0.15) is 50.4 Å². The molecule has 0 radical (unpaired) electrons. The summed E-state index contributed by atoms with van der Waals surface area (Å²) in [5.41, 5.74) is 2.21. The van der Waals surface area contributed by atoms with Gasteiger partial charge in [0.1, 0.15) is 17.7 Å². The Labute approximate surface area is 218 Å². The first-order valence-corrected chi connectivity index (χ1v) is 12.1. The van der Waals surface area contributed by atoms with Gasteiger partial charge in [0.25, 0.3) is 11.8 Å². The van der Waals surface area contributed by atoms with Gasteiger partial charge in [-0.3, -0.25) is 14.5 Å². The molecule has 192 valence electrons. The Kier molecular flexibility index (Phi) is 8.24. The average molecular weight is 500 g/mol. The number of ether oxygens (including phenoxy) is 1. The molecule has 0 aliphatic carbocycles. The number of benzene rings is 3. The van der Waals surface area contributed by atoms with E-state index in [0.717, 1.165) is 26.8 Å². The maximum Gasteiger partial charge on any atom is 0.408 e. The lowest BCUT2D eigenvalue weighted by Gasteiger charge is -2.30. The SMILES string of the molecule is C#CN(C(=O)C(C)NC(=O)OC(C)(C)C)C(C(=O)Nc1ccc2ccccc2c1)c1cccc(C)c1C. The van der Waals surface area contributed by atoms with Gasteiger partial charge in [-0.05, 0) is 81.1 Å². The summed E-state index contributed by atoms with van der Waals surface area (Å²) in [5, 5.41) is 7.43. The Hall–Kier alpha value is -4.31. The van der Waals surface area contributed by atoms with Gasteiger partial charge >= 0.3 is 6.09 Å². The molecule has 2 N–H and O–H groups in total. The predicted molar refractivity (Wildman–Crippen MR) is 146 cm³/mol. The van der Waals surface area contributed by atoms with Gasteiger partial charge in [0.15, 0.2) is 0 Å². The third kappa shape index (κ3) is 6.68. The molecule has 2 unspecified atom stereocenters. The fourth-order valence-corrected chi connectivity index (χ4v) is 3.97. The maximum atomic E-state index is 13.7. The fourth-order valence-electron chi connectivity index (χ4n) is 3.97. The summed E-state index contributed by atoms with van der Waals surface area (Å²) in [6, 6.07) is 19.1. The summed E-state index contributed by atoms with van der Waals surface area (Å²) < 4.78 is 5.26. The lowest BCUT2D eigenvalue weighted by atomic mass is 9.95. The maximum absolute atomic E-state index is 13.7. The molecule has 0 saturated carbocycles. The van der Waals surface area contributed by atoms with Crippen molar-refractivity contribution in [2.24, 2.45) is 0 Å². The topological polar surface area (TPSA) is 87.7 Å². The summed E-state index contributed by atoms with van der Waals surface area (Å²) in [7, 11) is 0. The lowest BCUT2D eigenvalue weighted by molar-refractivity contribution is -0.136. The molecular weight excluding hydrogens is 466 g/mol. The van der Waals surface area contributed by atoms with Crippen molar-refractivity contribution in [3.63, 3.8) is 0 Å². The van der Waals surface area contributed by atoms with Crippen LogP contribution in [0.4, 0.5) is 10.5 Å². The van der Waals surface area contributed by atoms with Gasteiger partial charge in [-0.15, -0.1) is 0 Å². The molecule has 0 fully saturated rings. The zero-order valence-corrected chi connectivity index (χ0v) is 22.1. The Morgan fingerprint density at radius 1 is 0.973 bits per heavy atom. The van der Waals surface area contributed by atoms with Crippen LogP contribution in [-0.2, 0) is 14.3 Å². The van der Waals surface area contributed by atoms with E-state index in [1.807, 2.05) is 62.4 Å². The molecule has 3 aromatic rings. The quantitative estimate of drug-likeness (QED) is 0.348. The molecule has 0 spiro atoms. The molecule has 7 nitrogen and oxygen atoms in total. The van der Waals surface area contributed by atoms with Crippen molar-refractivity contribution >= 4 is 34.4 Å². The van der Waals surface area contributed by atoms with Crippen LogP contribution in [0.15, 0.2) is 60.7 Å². The number of nitrogens with one attached hydrogen (secondary N) is 2. The molecular formula is C30H33N3O4. The molecule has 0 bridgehead atoms. The average Bonchev–Trinajstić information content (AvgIpc) is 2.82. The number of fused-ring (bicyclic) bond motifs is 1. The number of hydrogen-bond donors (Lipinski definition) is 2. The van der Waals surface area contributed by atoms with Crippen LogP contribution in [0.5, 0.6) is 0 Å². The van der Waals surface area contributed by atoms with Crippen molar-refractivity contribution in [3.05, 3.63) is 77.4 Å². The van der Waals surface area contributed by atoms with Crippen molar-refractivity contribution in [2.75, 3.05) is 5.32 Å². The van der Waals surface area contributed by atoms with Crippen LogP contribution in [-0.4, -0.2) is 34.5 Å². The van der Waals surface area contributed by atoms with Crippen molar-refractivity contribution < 1.29 is 19.1 Å². The number of amides is 3. The number of anilines is 1. The van der Waals surface area contributed by atoms with E-state index in [1.165, 1.54) is 6.92 Å². The molecule has 37 heavy (non-hydrogen) atoms. The van der Waals surface area contributed by atoms with Crippen LogP contribution >= 0.6 is 0 Å². The number of aryl methyl sites for hydroxylation is 1. The summed E-state index contributed by atoms with van der Waals surface area (Å²) in [6.07, 6.45) is 5.05. The summed E-state index contributed by atoms with van der Waals surface area (Å²) in [5.74, 6) is -1.09. The number of nitrogens with zero attached hydrogens (tertiary/aromatic N) is 1. The molecule has 0 aromatic heterocycles. The minimum atomic E-state index is -1.13. The Morgan fingerprint density at radius 3 is 2.30 bits per heavy atom. The highest BCUT2D eigenvalue weighted by Gasteiger charge is 2.35. The number of rotatable bonds is 6. The van der Waals surface area contributed by atoms with E-state index < -0.39 is 35.6 Å². The minimum Gasteiger partial charge on any atom is -0.444 e. The minimum absolute atomic E-state index is 0.472. The van der Waals surface area contributed by atoms with E-state index in [2.05, 4.69) is 16.7 Å². The van der Waals surface area contributed by atoms with Crippen LogP contribution in [0.25, 0.3) is 10.8 Å². The first-order valence-electron chi connectivity index (χ1n) is 12.1. The zero-order chi connectivity index (χ0) is 27.3. The third-order valence-corrected chi connectivity index (χ3v) is 5.94. The predicted octanol–water partition coefficient (Wildman–Crippen LogP) is 5.47. The Morgan fingerprint density at radius 2 is 1.65 bits per heavy atom. The monoisotopic (exact) mass is 499 g/mol. The summed E-state index contributed by atoms with van der Waals surface area (Å²) in [4.78, 5) is 40.5. The molecule has 2 atom stereocenters. The second-order valence-corrected chi connectivity index (χ2v) is 9.95. The number of carbonyl (C=O) groups is 3. The lowest BCUT2D eigenvalue weighted by Crippen LogP contribution is -2.49. The van der Waals surface area contributed by atoms with Crippen molar-refractivity contribution in [3.8, 4) is 12.5 Å². The first kappa shape index (κ1) is 27.3. The molecule has 0 heterocycles. The number of hydrogen-bond acceptors (Lipinski definition) is 4. The molecule has 0 aliphatic rings. The number of alkyl carbamates (subject to hydrolysis) is 1. The van der Waals surface area contributed by atoms with E-state index in [0.29, 0.717) is 11.3 Å². The van der Waals surface area contributed by atoms with Gasteiger partial charge in [0.2, 0.25) is 0 Å². The van der Waals surface area contributed by atoms with E-state index in [4.69, 9.17) is 11.2 Å². The Balaban J connectivity index is 1.95. The largest absolute Gasteiger partial charge is 0.444 e. The van der Waals surface area contributed by atoms with Crippen molar-refractivity contribution in [1.82, 2.24) is 10.2 Å². The second-order valence-electron chi connectivity index (χ2n) is 9.95. The molecule has 3 aromatic carbocycles. The molecule has 3 amide bonds. The van der Waals surface area contributed by atoms with Crippen LogP contribution in [0, 0.1) is 26.3 Å². The highest BCUT2D eigenvalue weighted by Crippen LogP contribution is 2.28.